The number of piperazine rings is 1. The van der Waals surface area contributed by atoms with Crippen molar-refractivity contribution in [3.63, 3.8) is 0 Å². The van der Waals surface area contributed by atoms with Crippen molar-refractivity contribution in [2.75, 3.05) is 38.9 Å². The molecule has 1 unspecified atom stereocenters. The molecule has 3 heterocycles. The summed E-state index contributed by atoms with van der Waals surface area (Å²) in [6.07, 6.45) is 0.695. The molecule has 2 aliphatic heterocycles. The lowest BCUT2D eigenvalue weighted by Crippen LogP contribution is -2.49. The molecule has 0 spiro atoms. The van der Waals surface area contributed by atoms with Crippen LogP contribution >= 0.6 is 7.60 Å². The number of amides is 2. The van der Waals surface area contributed by atoms with Gasteiger partial charge >= 0.3 is 7.60 Å². The van der Waals surface area contributed by atoms with Crippen molar-refractivity contribution < 1.29 is 32.7 Å². The first-order valence-corrected chi connectivity index (χ1v) is 19.6. The molecule has 10 nitrogen and oxygen atoms in total. The highest BCUT2D eigenvalue weighted by Gasteiger charge is 2.39. The van der Waals surface area contributed by atoms with Gasteiger partial charge in [0.25, 0.3) is 11.8 Å². The zero-order valence-electron chi connectivity index (χ0n) is 29.7. The van der Waals surface area contributed by atoms with Gasteiger partial charge in [-0.15, -0.1) is 0 Å². The molecule has 12 heteroatoms. The Morgan fingerprint density at radius 1 is 0.906 bits per heavy atom. The van der Waals surface area contributed by atoms with Crippen molar-refractivity contribution in [1.82, 2.24) is 19.7 Å². The molecule has 1 fully saturated rings. The van der Waals surface area contributed by atoms with Crippen LogP contribution in [0.5, 0.6) is 5.75 Å². The number of benzene rings is 4. The number of fused-ring (bicyclic) bond motifs is 2. The summed E-state index contributed by atoms with van der Waals surface area (Å²) in [5, 5.41) is 0.581. The Kier molecular flexibility index (Phi) is 10.7. The summed E-state index contributed by atoms with van der Waals surface area (Å²) in [7, 11) is -3.72. The second kappa shape index (κ2) is 15.6. The number of hydrogen-bond donors (Lipinski definition) is 1. The molecular weight excluding hydrogens is 694 g/mol. The van der Waals surface area contributed by atoms with E-state index in [0.29, 0.717) is 66.1 Å². The van der Waals surface area contributed by atoms with E-state index in [9.17, 15) is 23.4 Å². The molecular formula is C41H42FN4O6P. The van der Waals surface area contributed by atoms with E-state index in [1.54, 1.807) is 48.0 Å². The minimum absolute atomic E-state index is 0.00334. The summed E-state index contributed by atoms with van der Waals surface area (Å²) in [6.45, 7) is 5.99. The van der Waals surface area contributed by atoms with Gasteiger partial charge < -0.3 is 24.0 Å². The monoisotopic (exact) mass is 736 g/mol. The summed E-state index contributed by atoms with van der Waals surface area (Å²) in [6, 6.07) is 29.2. The van der Waals surface area contributed by atoms with Gasteiger partial charge in [0, 0.05) is 63.0 Å². The third kappa shape index (κ3) is 8.04. The fraction of sp³-hybridized carbons (Fsp3) is 0.293. The van der Waals surface area contributed by atoms with Crippen molar-refractivity contribution in [3.05, 3.63) is 142 Å². The van der Waals surface area contributed by atoms with Crippen LogP contribution in [0.25, 0.3) is 10.9 Å². The predicted octanol–water partition coefficient (Wildman–Crippen LogP) is 7.07. The first-order valence-electron chi connectivity index (χ1n) is 17.8. The first kappa shape index (κ1) is 36.4. The lowest BCUT2D eigenvalue weighted by atomic mass is 9.94. The quantitative estimate of drug-likeness (QED) is 0.136. The van der Waals surface area contributed by atoms with Crippen molar-refractivity contribution in [1.29, 1.82) is 0 Å². The van der Waals surface area contributed by atoms with Gasteiger partial charge in [0.15, 0.2) is 5.75 Å². The molecule has 0 radical (unpaired) electrons. The van der Waals surface area contributed by atoms with Gasteiger partial charge in [-0.05, 0) is 48.7 Å². The third-order valence-corrected chi connectivity index (χ3v) is 11.2. The first-order chi connectivity index (χ1) is 25.6. The van der Waals surface area contributed by atoms with E-state index < -0.39 is 13.7 Å². The largest absolute Gasteiger partial charge is 0.478 e. The Morgan fingerprint density at radius 2 is 1.55 bits per heavy atom. The molecule has 1 saturated heterocycles. The highest BCUT2D eigenvalue weighted by atomic mass is 31.2. The van der Waals surface area contributed by atoms with E-state index in [1.165, 1.54) is 12.1 Å². The molecule has 2 aliphatic rings. The lowest BCUT2D eigenvalue weighted by Gasteiger charge is -2.35. The standard InChI is InChI=1S/C41H42FN4O6P/c1-28(2)52-53(49,50)25-24-44-20-22-45(23-21-44)40(47)35-33-14-9-19-43-37(33)39(51-38(30-10-5-3-6-11-30)31-12-7-4-8-13-31)36-34(35)27-46(41(36)48)26-29-15-17-32(42)18-16-29/h3-19,28,38H,20-27H2,1-2H3,(H,49,50). The number of rotatable bonds is 12. The van der Waals surface area contributed by atoms with Crippen LogP contribution in [-0.4, -0.2) is 81.4 Å². The molecule has 53 heavy (non-hydrogen) atoms. The van der Waals surface area contributed by atoms with E-state index in [2.05, 4.69) is 4.90 Å². The maximum Gasteiger partial charge on any atom is 0.329 e. The average Bonchev–Trinajstić information content (AvgIpc) is 3.48. The second-order valence-electron chi connectivity index (χ2n) is 13.7. The van der Waals surface area contributed by atoms with Crippen LogP contribution in [0.15, 0.2) is 103 Å². The van der Waals surface area contributed by atoms with Gasteiger partial charge in [-0.2, -0.15) is 0 Å². The van der Waals surface area contributed by atoms with Crippen molar-refractivity contribution in [2.24, 2.45) is 0 Å². The van der Waals surface area contributed by atoms with Gasteiger partial charge in [0.05, 0.1) is 23.4 Å². The Labute approximate surface area is 308 Å². The number of carbonyl (C=O) groups excluding carboxylic acids is 2. The van der Waals surface area contributed by atoms with E-state index >= 15 is 0 Å². The Balaban J connectivity index is 1.26. The van der Waals surface area contributed by atoms with Crippen LogP contribution in [0.3, 0.4) is 0 Å². The number of aromatic nitrogens is 1. The van der Waals surface area contributed by atoms with E-state index in [4.69, 9.17) is 14.2 Å². The van der Waals surface area contributed by atoms with E-state index in [0.717, 1.165) is 16.7 Å². The number of carbonyl (C=O) groups is 2. The number of halogens is 1. The van der Waals surface area contributed by atoms with Crippen LogP contribution in [0, 0.1) is 5.82 Å². The SMILES string of the molecule is CC(C)OP(=O)(O)CCN1CCN(C(=O)c2c3c(c(OC(c4ccccc4)c4ccccc4)c4ncccc24)C(=O)N(Cc2ccc(F)cc2)C3)CC1. The molecule has 2 amide bonds. The van der Waals surface area contributed by atoms with Crippen molar-refractivity contribution >= 4 is 30.3 Å². The fourth-order valence-electron chi connectivity index (χ4n) is 7.12. The second-order valence-corrected chi connectivity index (χ2v) is 15.6. The minimum Gasteiger partial charge on any atom is -0.478 e. The normalized spacial score (nSPS) is 16.0. The van der Waals surface area contributed by atoms with Crippen molar-refractivity contribution in [3.8, 4) is 5.75 Å². The van der Waals surface area contributed by atoms with Crippen molar-refractivity contribution in [2.45, 2.75) is 39.1 Å². The van der Waals surface area contributed by atoms with Gasteiger partial charge in [-0.3, -0.25) is 24.0 Å². The Hall–Kier alpha value is -4.93. The molecule has 1 atom stereocenters. The maximum atomic E-state index is 14.7. The molecule has 0 saturated carbocycles. The zero-order chi connectivity index (χ0) is 37.1. The summed E-state index contributed by atoms with van der Waals surface area (Å²) in [4.78, 5) is 49.7. The molecule has 1 aromatic heterocycles. The van der Waals surface area contributed by atoms with Gasteiger partial charge in [0.1, 0.15) is 17.4 Å². The van der Waals surface area contributed by atoms with Gasteiger partial charge in [0.2, 0.25) is 0 Å². The van der Waals surface area contributed by atoms with Crippen LogP contribution in [0.4, 0.5) is 4.39 Å². The predicted molar refractivity (Wildman–Crippen MR) is 200 cm³/mol. The molecule has 7 rings (SSSR count). The molecule has 4 aromatic carbocycles. The summed E-state index contributed by atoms with van der Waals surface area (Å²) in [5.74, 6) is -0.588. The summed E-state index contributed by atoms with van der Waals surface area (Å²) >= 11 is 0. The number of ether oxygens (including phenoxy) is 1. The van der Waals surface area contributed by atoms with Gasteiger partial charge in [-0.1, -0.05) is 78.9 Å². The lowest BCUT2D eigenvalue weighted by molar-refractivity contribution is 0.0640. The minimum atomic E-state index is -3.72. The smallest absolute Gasteiger partial charge is 0.329 e. The van der Waals surface area contributed by atoms with Crippen LogP contribution in [0.2, 0.25) is 0 Å². The Morgan fingerprint density at radius 3 is 2.17 bits per heavy atom. The molecule has 1 N–H and O–H groups in total. The average molecular weight is 737 g/mol. The van der Waals surface area contributed by atoms with Gasteiger partial charge in [-0.25, -0.2) is 4.39 Å². The molecule has 0 aliphatic carbocycles. The fourth-order valence-corrected chi connectivity index (χ4v) is 8.42. The molecule has 0 bridgehead atoms. The number of pyridine rings is 1. The van der Waals surface area contributed by atoms with Crippen LogP contribution in [0.1, 0.15) is 62.9 Å². The van der Waals surface area contributed by atoms with Crippen LogP contribution in [-0.2, 0) is 22.2 Å². The molecule has 274 valence electrons. The topological polar surface area (TPSA) is 113 Å². The van der Waals surface area contributed by atoms with E-state index in [1.807, 2.05) is 66.7 Å². The zero-order valence-corrected chi connectivity index (χ0v) is 30.6. The summed E-state index contributed by atoms with van der Waals surface area (Å²) in [5.41, 5.74) is 4.19. The molecule has 5 aromatic rings. The number of nitrogens with zero attached hydrogens (tertiary/aromatic N) is 4. The summed E-state index contributed by atoms with van der Waals surface area (Å²) < 4.78 is 38.5. The third-order valence-electron chi connectivity index (χ3n) is 9.65. The maximum absolute atomic E-state index is 14.7. The van der Waals surface area contributed by atoms with E-state index in [-0.39, 0.29) is 43.0 Å². The number of hydrogen-bond acceptors (Lipinski definition) is 7. The Bertz CT molecular complexity index is 2100. The van der Waals surface area contributed by atoms with Crippen LogP contribution < -0.4 is 4.74 Å². The highest BCUT2D eigenvalue weighted by Crippen LogP contribution is 2.45. The highest BCUT2D eigenvalue weighted by molar-refractivity contribution is 7.52.